The van der Waals surface area contributed by atoms with Gasteiger partial charge in [0.05, 0.1) is 12.2 Å². The molecule has 0 bridgehead atoms. The highest BCUT2D eigenvalue weighted by molar-refractivity contribution is 5.76. The lowest BCUT2D eigenvalue weighted by atomic mass is 10.1. The van der Waals surface area contributed by atoms with Crippen molar-refractivity contribution in [1.82, 2.24) is 24.9 Å². The molecule has 0 fully saturated rings. The number of nitrogens with zero attached hydrogens (tertiary/aromatic N) is 4. The van der Waals surface area contributed by atoms with Crippen LogP contribution in [-0.4, -0.2) is 31.5 Å². The molecule has 7 nitrogen and oxygen atoms in total. The summed E-state index contributed by atoms with van der Waals surface area (Å²) in [6.07, 6.45) is 2.53. The zero-order chi connectivity index (χ0) is 21.7. The Bertz CT molecular complexity index is 1090. The maximum atomic E-state index is 13.5. The third kappa shape index (κ3) is 5.16. The molecule has 0 aliphatic carbocycles. The fourth-order valence-corrected chi connectivity index (χ4v) is 3.01. The van der Waals surface area contributed by atoms with Gasteiger partial charge in [-0.2, -0.15) is 10.2 Å². The van der Waals surface area contributed by atoms with Crippen molar-refractivity contribution in [3.8, 4) is 11.3 Å². The molecule has 158 valence electrons. The number of carbonyl (C=O) groups excluding carboxylic acids is 1. The van der Waals surface area contributed by atoms with E-state index in [-0.39, 0.29) is 30.5 Å². The molecule has 30 heavy (non-hydrogen) atoms. The maximum Gasteiger partial charge on any atom is 0.266 e. The summed E-state index contributed by atoms with van der Waals surface area (Å²) in [6.45, 7) is 4.44. The lowest BCUT2D eigenvalue weighted by Crippen LogP contribution is -2.40. The monoisotopic (exact) mass is 415 g/mol. The second-order valence-electron chi connectivity index (χ2n) is 6.99. The summed E-state index contributed by atoms with van der Waals surface area (Å²) in [4.78, 5) is 24.5. The minimum absolute atomic E-state index is 0.151. The molecule has 3 aromatic rings. The Balaban J connectivity index is 1.68. The molecule has 1 N–H and O–H groups in total. The van der Waals surface area contributed by atoms with Gasteiger partial charge in [-0.25, -0.2) is 13.5 Å². The quantitative estimate of drug-likeness (QED) is 0.613. The fourth-order valence-electron chi connectivity index (χ4n) is 3.01. The van der Waals surface area contributed by atoms with Crippen LogP contribution in [0.15, 0.2) is 47.4 Å². The van der Waals surface area contributed by atoms with Gasteiger partial charge in [0.1, 0.15) is 0 Å². The van der Waals surface area contributed by atoms with E-state index in [1.54, 1.807) is 10.9 Å². The van der Waals surface area contributed by atoms with E-state index in [1.807, 2.05) is 19.9 Å². The van der Waals surface area contributed by atoms with Crippen LogP contribution in [0, 0.1) is 18.6 Å². The van der Waals surface area contributed by atoms with Gasteiger partial charge in [-0.05, 0) is 43.7 Å². The van der Waals surface area contributed by atoms with Crippen molar-refractivity contribution >= 4 is 5.91 Å². The van der Waals surface area contributed by atoms with E-state index in [2.05, 4.69) is 15.5 Å². The van der Waals surface area contributed by atoms with Crippen molar-refractivity contribution in [2.75, 3.05) is 0 Å². The third-order valence-corrected chi connectivity index (χ3v) is 4.81. The first-order valence-corrected chi connectivity index (χ1v) is 9.68. The topological polar surface area (TPSA) is 81.8 Å². The lowest BCUT2D eigenvalue weighted by molar-refractivity contribution is -0.122. The van der Waals surface area contributed by atoms with Gasteiger partial charge in [0, 0.05) is 42.5 Å². The second-order valence-corrected chi connectivity index (χ2v) is 6.99. The van der Waals surface area contributed by atoms with E-state index in [9.17, 15) is 18.4 Å². The number of aromatic nitrogens is 4. The zero-order valence-corrected chi connectivity index (χ0v) is 16.8. The number of hydrogen-bond donors (Lipinski definition) is 1. The molecule has 1 amide bonds. The van der Waals surface area contributed by atoms with E-state index in [1.165, 1.54) is 22.9 Å². The maximum absolute atomic E-state index is 13.5. The van der Waals surface area contributed by atoms with Crippen LogP contribution in [-0.2, 0) is 17.9 Å². The summed E-state index contributed by atoms with van der Waals surface area (Å²) in [6, 6.07) is 7.77. The molecule has 0 aliphatic rings. The largest absolute Gasteiger partial charge is 0.351 e. The Kier molecular flexibility index (Phi) is 6.71. The van der Waals surface area contributed by atoms with Crippen LogP contribution in [0.25, 0.3) is 11.3 Å². The summed E-state index contributed by atoms with van der Waals surface area (Å²) in [5.74, 6) is -2.09. The van der Waals surface area contributed by atoms with E-state index < -0.39 is 11.6 Å². The van der Waals surface area contributed by atoms with Crippen molar-refractivity contribution in [3.05, 3.63) is 70.3 Å². The Labute approximate surface area is 172 Å². The number of hydrogen-bond acceptors (Lipinski definition) is 4. The fraction of sp³-hybridized carbons (Fsp3) is 0.333. The highest BCUT2D eigenvalue weighted by Gasteiger charge is 2.14. The summed E-state index contributed by atoms with van der Waals surface area (Å²) in [5, 5.41) is 11.3. The van der Waals surface area contributed by atoms with Crippen molar-refractivity contribution in [3.63, 3.8) is 0 Å². The number of amides is 1. The minimum atomic E-state index is -0.988. The first kappa shape index (κ1) is 21.4. The van der Waals surface area contributed by atoms with Crippen molar-refractivity contribution in [2.24, 2.45) is 0 Å². The van der Waals surface area contributed by atoms with Crippen LogP contribution in [0.1, 0.15) is 25.5 Å². The normalized spacial score (nSPS) is 12.0. The van der Waals surface area contributed by atoms with Gasteiger partial charge in [0.25, 0.3) is 5.56 Å². The predicted octanol–water partition coefficient (Wildman–Crippen LogP) is 2.68. The molecule has 0 radical (unpaired) electrons. The van der Waals surface area contributed by atoms with Crippen molar-refractivity contribution in [1.29, 1.82) is 0 Å². The van der Waals surface area contributed by atoms with Gasteiger partial charge in [0.15, 0.2) is 11.6 Å². The summed E-state index contributed by atoms with van der Waals surface area (Å²) >= 11 is 0. The molecule has 0 saturated heterocycles. The van der Waals surface area contributed by atoms with Gasteiger partial charge in [-0.3, -0.25) is 14.3 Å². The van der Waals surface area contributed by atoms with Crippen LogP contribution < -0.4 is 10.9 Å². The molecule has 0 unspecified atom stereocenters. The molecule has 0 saturated carbocycles. The molecule has 2 heterocycles. The third-order valence-electron chi connectivity index (χ3n) is 4.81. The Morgan fingerprint density at radius 3 is 2.60 bits per heavy atom. The Hall–Kier alpha value is -3.36. The molecule has 1 aromatic carbocycles. The number of rotatable bonds is 8. The van der Waals surface area contributed by atoms with E-state index in [0.717, 1.165) is 17.8 Å². The highest BCUT2D eigenvalue weighted by Crippen LogP contribution is 2.18. The zero-order valence-electron chi connectivity index (χ0n) is 16.8. The van der Waals surface area contributed by atoms with Gasteiger partial charge in [-0.1, -0.05) is 6.92 Å². The average molecular weight is 415 g/mol. The first-order chi connectivity index (χ1) is 14.4. The van der Waals surface area contributed by atoms with Crippen LogP contribution in [0.4, 0.5) is 8.78 Å². The highest BCUT2D eigenvalue weighted by atomic mass is 19.2. The van der Waals surface area contributed by atoms with E-state index >= 15 is 0 Å². The molecule has 1 atom stereocenters. The second kappa shape index (κ2) is 9.43. The minimum Gasteiger partial charge on any atom is -0.351 e. The molecular formula is C21H23F2N5O2. The molecule has 3 rings (SSSR count). The number of benzene rings is 1. The van der Waals surface area contributed by atoms with Gasteiger partial charge in [0.2, 0.25) is 5.91 Å². The number of nitrogens with one attached hydrogen (secondary N) is 1. The summed E-state index contributed by atoms with van der Waals surface area (Å²) in [7, 11) is 0. The van der Waals surface area contributed by atoms with Crippen LogP contribution in [0.3, 0.4) is 0 Å². The van der Waals surface area contributed by atoms with E-state index in [0.29, 0.717) is 24.2 Å². The van der Waals surface area contributed by atoms with Crippen molar-refractivity contribution in [2.45, 2.75) is 45.8 Å². The number of aryl methyl sites for hydroxylation is 2. The molecule has 2 aromatic heterocycles. The standard InChI is InChI=1S/C21H23F2N5O2/c1-3-16(25-20(29)9-11-27-14(2)8-10-24-27)13-28-21(30)7-6-19(26-28)15-4-5-17(22)18(23)12-15/h4-8,10,12,16H,3,9,11,13H2,1-2H3,(H,25,29)/t16-/m1/s1. The smallest absolute Gasteiger partial charge is 0.266 e. The van der Waals surface area contributed by atoms with Crippen LogP contribution in [0.5, 0.6) is 0 Å². The average Bonchev–Trinajstić information content (AvgIpc) is 3.14. The number of carbonyl (C=O) groups is 1. The lowest BCUT2D eigenvalue weighted by Gasteiger charge is -2.18. The summed E-state index contributed by atoms with van der Waals surface area (Å²) in [5.41, 5.74) is 1.32. The number of halogens is 2. The summed E-state index contributed by atoms with van der Waals surface area (Å²) < 4.78 is 29.7. The Morgan fingerprint density at radius 1 is 1.13 bits per heavy atom. The predicted molar refractivity (Wildman–Crippen MR) is 108 cm³/mol. The van der Waals surface area contributed by atoms with Gasteiger partial charge >= 0.3 is 0 Å². The molecule has 0 spiro atoms. The van der Waals surface area contributed by atoms with Gasteiger partial charge < -0.3 is 5.32 Å². The van der Waals surface area contributed by atoms with Crippen LogP contribution in [0.2, 0.25) is 0 Å². The first-order valence-electron chi connectivity index (χ1n) is 9.68. The molecular weight excluding hydrogens is 392 g/mol. The SMILES string of the molecule is CC[C@H](Cn1nc(-c2ccc(F)c(F)c2)ccc1=O)NC(=O)CCn1nccc1C. The molecule has 0 aliphatic heterocycles. The van der Waals surface area contributed by atoms with E-state index in [4.69, 9.17) is 0 Å². The van der Waals surface area contributed by atoms with Crippen LogP contribution >= 0.6 is 0 Å². The Morgan fingerprint density at radius 2 is 1.93 bits per heavy atom. The van der Waals surface area contributed by atoms with Crippen molar-refractivity contribution < 1.29 is 13.6 Å². The molecule has 9 heteroatoms. The van der Waals surface area contributed by atoms with Gasteiger partial charge in [-0.15, -0.1) is 0 Å².